The Morgan fingerprint density at radius 2 is 1.91 bits per heavy atom. The number of halogens is 2. The molecular weight excluding hydrogens is 487 g/mol. The lowest BCUT2D eigenvalue weighted by Gasteiger charge is -2.60. The van der Waals surface area contributed by atoms with Gasteiger partial charge < -0.3 is 14.9 Å². The van der Waals surface area contributed by atoms with Gasteiger partial charge in [-0.3, -0.25) is 9.59 Å². The summed E-state index contributed by atoms with van der Waals surface area (Å²) in [6.45, 7) is 5.69. The Morgan fingerprint density at radius 3 is 2.63 bits per heavy atom. The molecule has 190 valence electrons. The van der Waals surface area contributed by atoms with Crippen molar-refractivity contribution in [1.29, 1.82) is 0 Å². The van der Waals surface area contributed by atoms with Gasteiger partial charge in [0.15, 0.2) is 5.78 Å². The lowest BCUT2D eigenvalue weighted by atomic mass is 9.45. The van der Waals surface area contributed by atoms with E-state index < -0.39 is 17.1 Å². The summed E-state index contributed by atoms with van der Waals surface area (Å²) in [5.41, 5.74) is -0.622. The van der Waals surface area contributed by atoms with Crippen LogP contribution in [0, 0.1) is 35.5 Å². The Morgan fingerprint density at radius 1 is 1.17 bits per heavy atom. The molecule has 2 N–H and O–H groups in total. The zero-order chi connectivity index (χ0) is 25.3. The zero-order valence-corrected chi connectivity index (χ0v) is 22.1. The van der Waals surface area contributed by atoms with Crippen molar-refractivity contribution in [1.82, 2.24) is 0 Å². The van der Waals surface area contributed by atoms with Crippen LogP contribution >= 0.6 is 23.2 Å². The van der Waals surface area contributed by atoms with Gasteiger partial charge in [-0.1, -0.05) is 42.6 Å². The van der Waals surface area contributed by atoms with Crippen molar-refractivity contribution in [2.75, 3.05) is 6.61 Å². The first-order valence-corrected chi connectivity index (χ1v) is 13.4. The fourth-order valence-electron chi connectivity index (χ4n) is 8.28. The predicted molar refractivity (Wildman–Crippen MR) is 135 cm³/mol. The largest absolute Gasteiger partial charge is 0.484 e. The average molecular weight is 521 g/mol. The van der Waals surface area contributed by atoms with E-state index in [1.165, 1.54) is 5.57 Å². The van der Waals surface area contributed by atoms with Crippen LogP contribution in [-0.4, -0.2) is 40.1 Å². The van der Waals surface area contributed by atoms with E-state index in [2.05, 4.69) is 6.92 Å². The molecule has 0 saturated heterocycles. The number of aliphatic hydroxyl groups excluding tert-OH is 1. The molecule has 4 aliphatic carbocycles. The maximum Gasteiger partial charge on any atom is 0.202 e. The number of hydrogen-bond acceptors (Lipinski definition) is 5. The first kappa shape index (κ1) is 25.3. The summed E-state index contributed by atoms with van der Waals surface area (Å²) in [5, 5.41) is 24.2. The molecule has 3 fully saturated rings. The minimum Gasteiger partial charge on any atom is -0.484 e. The molecule has 0 spiro atoms. The third-order valence-corrected chi connectivity index (χ3v) is 10.6. The van der Waals surface area contributed by atoms with Gasteiger partial charge in [0.25, 0.3) is 0 Å². The van der Waals surface area contributed by atoms with Crippen LogP contribution in [0.1, 0.15) is 64.4 Å². The Balaban J connectivity index is 1.40. The Bertz CT molecular complexity index is 1090. The first-order valence-electron chi connectivity index (χ1n) is 12.7. The number of carbonyl (C=O) groups is 2. The molecule has 0 amide bonds. The van der Waals surface area contributed by atoms with Gasteiger partial charge in [-0.2, -0.15) is 0 Å². The van der Waals surface area contributed by atoms with E-state index in [9.17, 15) is 19.8 Å². The molecule has 0 heterocycles. The number of benzene rings is 1. The molecule has 5 nitrogen and oxygen atoms in total. The minimum atomic E-state index is -1.57. The number of aryl methyl sites for hydroxylation is 1. The third kappa shape index (κ3) is 3.72. The van der Waals surface area contributed by atoms with Gasteiger partial charge in [-0.15, -0.1) is 0 Å². The lowest BCUT2D eigenvalue weighted by molar-refractivity contribution is -0.181. The van der Waals surface area contributed by atoms with Crippen LogP contribution in [0.15, 0.2) is 23.8 Å². The van der Waals surface area contributed by atoms with Gasteiger partial charge in [0, 0.05) is 16.9 Å². The molecule has 7 atom stereocenters. The maximum absolute atomic E-state index is 13.5. The highest BCUT2D eigenvalue weighted by Crippen LogP contribution is 2.67. The molecule has 5 unspecified atom stereocenters. The van der Waals surface area contributed by atoms with E-state index in [-0.39, 0.29) is 41.3 Å². The average Bonchev–Trinajstić information content (AvgIpc) is 3.04. The number of allylic oxidation sites excluding steroid dienone is 1. The standard InChI is InChI=1S/C28H34Cl2O5/c1-15-10-17(29)12-21(30)25(15)35-14-23(33)28(34)9-7-20-19-5-4-16-11-18(31)6-8-26(16,2)24(19)22(32)13-27(20,28)3/h10-12,19-20,22,24,32,34H,4-9,13-14H2,1-3H3/t19?,20?,22-,24?,26?,27?,28-/m0/s1. The second kappa shape index (κ2) is 8.58. The molecule has 1 aromatic carbocycles. The summed E-state index contributed by atoms with van der Waals surface area (Å²) >= 11 is 12.3. The van der Waals surface area contributed by atoms with Crippen molar-refractivity contribution in [3.63, 3.8) is 0 Å². The molecule has 0 aromatic heterocycles. The summed E-state index contributed by atoms with van der Waals surface area (Å²) in [7, 11) is 0. The van der Waals surface area contributed by atoms with Gasteiger partial charge >= 0.3 is 0 Å². The van der Waals surface area contributed by atoms with Gasteiger partial charge in [0.2, 0.25) is 5.78 Å². The normalized spacial score (nSPS) is 40.4. The van der Waals surface area contributed by atoms with E-state index in [0.717, 1.165) is 31.2 Å². The third-order valence-electron chi connectivity index (χ3n) is 10.1. The number of rotatable bonds is 4. The number of Topliss-reactive ketones (excluding diaryl/α,β-unsaturated/α-hetero) is 1. The van der Waals surface area contributed by atoms with Crippen molar-refractivity contribution in [3.05, 3.63) is 39.4 Å². The molecule has 35 heavy (non-hydrogen) atoms. The number of fused-ring (bicyclic) bond motifs is 5. The van der Waals surface area contributed by atoms with Crippen LogP contribution in [0.4, 0.5) is 0 Å². The monoisotopic (exact) mass is 520 g/mol. The molecule has 0 aliphatic heterocycles. The number of carbonyl (C=O) groups excluding carboxylic acids is 2. The number of ketones is 2. The van der Waals surface area contributed by atoms with Gasteiger partial charge in [-0.05, 0) is 92.4 Å². The second-order valence-corrected chi connectivity index (χ2v) is 12.6. The van der Waals surface area contributed by atoms with Crippen molar-refractivity contribution < 1.29 is 24.5 Å². The molecule has 7 heteroatoms. The van der Waals surface area contributed by atoms with E-state index in [0.29, 0.717) is 35.1 Å². The highest BCUT2D eigenvalue weighted by Gasteiger charge is 2.68. The predicted octanol–water partition coefficient (Wildman–Crippen LogP) is 5.48. The van der Waals surface area contributed by atoms with Crippen molar-refractivity contribution in [3.8, 4) is 5.75 Å². The number of ether oxygens (including phenoxy) is 1. The fourth-order valence-corrected chi connectivity index (χ4v) is 8.93. The first-order chi connectivity index (χ1) is 16.4. The Hall–Kier alpha value is -1.40. The van der Waals surface area contributed by atoms with Gasteiger partial charge in [-0.25, -0.2) is 0 Å². The molecule has 4 aliphatic rings. The number of aliphatic hydroxyl groups is 2. The highest BCUT2D eigenvalue weighted by molar-refractivity contribution is 6.35. The van der Waals surface area contributed by atoms with E-state index >= 15 is 0 Å². The lowest BCUT2D eigenvalue weighted by Crippen LogP contribution is -2.62. The second-order valence-electron chi connectivity index (χ2n) is 11.7. The minimum absolute atomic E-state index is 0.0397. The summed E-state index contributed by atoms with van der Waals surface area (Å²) in [6.07, 6.45) is 5.62. The molecule has 3 saturated carbocycles. The topological polar surface area (TPSA) is 83.8 Å². The zero-order valence-electron chi connectivity index (χ0n) is 20.6. The Kier molecular flexibility index (Phi) is 6.19. The Labute approximate surface area is 216 Å². The number of hydrogen-bond donors (Lipinski definition) is 2. The van der Waals surface area contributed by atoms with Crippen molar-refractivity contribution in [2.24, 2.45) is 28.6 Å². The van der Waals surface area contributed by atoms with Crippen LogP contribution < -0.4 is 4.74 Å². The molecule has 1 aromatic rings. The van der Waals surface area contributed by atoms with E-state index in [1.54, 1.807) is 12.1 Å². The van der Waals surface area contributed by atoms with Gasteiger partial charge in [0.05, 0.1) is 11.1 Å². The smallest absolute Gasteiger partial charge is 0.202 e. The van der Waals surface area contributed by atoms with E-state index in [1.807, 2.05) is 19.9 Å². The fraction of sp³-hybridized carbons (Fsp3) is 0.643. The summed E-state index contributed by atoms with van der Waals surface area (Å²) in [4.78, 5) is 25.6. The molecule has 5 rings (SSSR count). The summed E-state index contributed by atoms with van der Waals surface area (Å²) in [5.74, 6) is 0.574. The highest BCUT2D eigenvalue weighted by atomic mass is 35.5. The SMILES string of the molecule is Cc1cc(Cl)cc(Cl)c1OCC(=O)[C@@]1(O)CCC2C3CCC4=CC(=O)CCC4(C)C3[C@@H](O)CC21C. The van der Waals surface area contributed by atoms with Crippen LogP contribution in [0.2, 0.25) is 10.0 Å². The molecule has 0 radical (unpaired) electrons. The summed E-state index contributed by atoms with van der Waals surface area (Å²) in [6, 6.07) is 3.29. The van der Waals surface area contributed by atoms with Gasteiger partial charge in [0.1, 0.15) is 18.0 Å². The van der Waals surface area contributed by atoms with Crippen LogP contribution in [0.5, 0.6) is 5.75 Å². The van der Waals surface area contributed by atoms with Crippen molar-refractivity contribution in [2.45, 2.75) is 77.4 Å². The molecular formula is C28H34Cl2O5. The van der Waals surface area contributed by atoms with Crippen LogP contribution in [-0.2, 0) is 9.59 Å². The van der Waals surface area contributed by atoms with Crippen LogP contribution in [0.25, 0.3) is 0 Å². The quantitative estimate of drug-likeness (QED) is 0.548. The maximum atomic E-state index is 13.5. The summed E-state index contributed by atoms with van der Waals surface area (Å²) < 4.78 is 5.81. The molecule has 0 bridgehead atoms. The van der Waals surface area contributed by atoms with Crippen molar-refractivity contribution >= 4 is 34.8 Å². The van der Waals surface area contributed by atoms with Crippen LogP contribution in [0.3, 0.4) is 0 Å². The van der Waals surface area contributed by atoms with E-state index in [4.69, 9.17) is 27.9 Å².